The Balaban J connectivity index is 1.81. The summed E-state index contributed by atoms with van der Waals surface area (Å²) in [6.07, 6.45) is 1.27. The van der Waals surface area contributed by atoms with Crippen molar-refractivity contribution >= 4 is 10.0 Å². The summed E-state index contributed by atoms with van der Waals surface area (Å²) < 4.78 is 37.2. The maximum Gasteiger partial charge on any atom is 0.248 e. The van der Waals surface area contributed by atoms with Crippen molar-refractivity contribution in [2.75, 3.05) is 13.1 Å². The smallest absolute Gasteiger partial charge is 0.248 e. The lowest BCUT2D eigenvalue weighted by molar-refractivity contribution is 0.233. The number of nitrogens with zero attached hydrogens (tertiary/aromatic N) is 4. The first-order chi connectivity index (χ1) is 10.7. The highest BCUT2D eigenvalue weighted by Gasteiger charge is 2.40. The van der Waals surface area contributed by atoms with E-state index in [1.807, 2.05) is 6.92 Å². The van der Waals surface area contributed by atoms with Crippen molar-refractivity contribution < 1.29 is 17.5 Å². The average molecular weight is 340 g/mol. The molecule has 9 heteroatoms. The maximum absolute atomic E-state index is 12.8. The zero-order chi connectivity index (χ0) is 16.8. The van der Waals surface area contributed by atoms with Gasteiger partial charge in [0, 0.05) is 25.4 Å². The van der Waals surface area contributed by atoms with E-state index in [2.05, 4.69) is 15.3 Å². The van der Waals surface area contributed by atoms with Crippen molar-refractivity contribution in [1.82, 2.24) is 19.6 Å². The van der Waals surface area contributed by atoms with Gasteiger partial charge in [0.1, 0.15) is 10.6 Å². The summed E-state index contributed by atoms with van der Waals surface area (Å²) in [7, 11) is -3.59. The largest absolute Gasteiger partial charge is 0.360 e. The van der Waals surface area contributed by atoms with Crippen LogP contribution in [0.3, 0.4) is 0 Å². The van der Waals surface area contributed by atoms with Gasteiger partial charge in [0.05, 0.1) is 0 Å². The van der Waals surface area contributed by atoms with E-state index < -0.39 is 10.0 Å². The normalized spacial score (nSPS) is 19.1. The number of hydrogen-bond acceptors (Lipinski definition) is 7. The second-order valence-electron chi connectivity index (χ2n) is 6.26. The summed E-state index contributed by atoms with van der Waals surface area (Å²) in [6.45, 7) is 7.84. The van der Waals surface area contributed by atoms with Gasteiger partial charge in [-0.1, -0.05) is 17.2 Å². The van der Waals surface area contributed by atoms with Gasteiger partial charge in [-0.25, -0.2) is 8.42 Å². The van der Waals surface area contributed by atoms with Crippen LogP contribution >= 0.6 is 0 Å². The zero-order valence-electron chi connectivity index (χ0n) is 13.7. The molecule has 0 bridgehead atoms. The van der Waals surface area contributed by atoms with Gasteiger partial charge in [-0.2, -0.15) is 9.29 Å². The lowest BCUT2D eigenvalue weighted by Gasteiger charge is -2.36. The molecule has 1 aliphatic rings. The van der Waals surface area contributed by atoms with Crippen LogP contribution in [0.15, 0.2) is 13.9 Å². The Hall–Kier alpha value is -1.74. The molecule has 3 heterocycles. The highest BCUT2D eigenvalue weighted by molar-refractivity contribution is 7.89. The Kier molecular flexibility index (Phi) is 3.80. The van der Waals surface area contributed by atoms with E-state index in [4.69, 9.17) is 9.05 Å². The molecule has 23 heavy (non-hydrogen) atoms. The second-order valence-corrected chi connectivity index (χ2v) is 8.13. The van der Waals surface area contributed by atoms with E-state index in [9.17, 15) is 8.42 Å². The topological polar surface area (TPSA) is 102 Å². The molecule has 0 amide bonds. The second kappa shape index (κ2) is 5.41. The van der Waals surface area contributed by atoms with Crippen LogP contribution in [0, 0.1) is 20.8 Å². The van der Waals surface area contributed by atoms with E-state index in [0.29, 0.717) is 49.1 Å². The van der Waals surface area contributed by atoms with Crippen molar-refractivity contribution in [3.63, 3.8) is 0 Å². The molecule has 1 aliphatic heterocycles. The summed E-state index contributed by atoms with van der Waals surface area (Å²) >= 11 is 0. The molecule has 0 saturated carbocycles. The molecule has 2 aromatic heterocycles. The quantitative estimate of drug-likeness (QED) is 0.838. The van der Waals surface area contributed by atoms with Gasteiger partial charge in [0.25, 0.3) is 0 Å². The minimum Gasteiger partial charge on any atom is -0.360 e. The number of rotatable bonds is 3. The minimum atomic E-state index is -3.59. The van der Waals surface area contributed by atoms with Crippen LogP contribution in [0.2, 0.25) is 0 Å². The zero-order valence-corrected chi connectivity index (χ0v) is 14.5. The highest BCUT2D eigenvalue weighted by atomic mass is 32.2. The van der Waals surface area contributed by atoms with Crippen LogP contribution in [0.25, 0.3) is 0 Å². The fraction of sp³-hybridized carbons (Fsp3) is 0.643. The Bertz CT molecular complexity index is 796. The van der Waals surface area contributed by atoms with E-state index in [1.54, 1.807) is 20.8 Å². The SMILES string of the molecule is Cc1nc(C2(C)CCN(S(=O)(=O)c3c(C)noc3C)CC2)no1. The molecule has 0 unspecified atom stereocenters. The third-order valence-corrected chi connectivity index (χ3v) is 6.60. The first kappa shape index (κ1) is 16.1. The first-order valence-corrected chi connectivity index (χ1v) is 8.92. The lowest BCUT2D eigenvalue weighted by Crippen LogP contribution is -2.44. The first-order valence-electron chi connectivity index (χ1n) is 7.48. The fourth-order valence-electron chi connectivity index (χ4n) is 2.96. The van der Waals surface area contributed by atoms with Gasteiger partial charge in [-0.05, 0) is 26.7 Å². The molecule has 0 N–H and O–H groups in total. The summed E-state index contributed by atoms with van der Waals surface area (Å²) in [5, 5.41) is 7.74. The van der Waals surface area contributed by atoms with Crippen LogP contribution in [-0.2, 0) is 15.4 Å². The van der Waals surface area contributed by atoms with E-state index in [-0.39, 0.29) is 10.3 Å². The molecule has 0 aliphatic carbocycles. The number of piperidine rings is 1. The molecular weight excluding hydrogens is 320 g/mol. The fourth-order valence-corrected chi connectivity index (χ4v) is 4.69. The maximum atomic E-state index is 12.8. The van der Waals surface area contributed by atoms with Gasteiger partial charge in [0.15, 0.2) is 11.6 Å². The van der Waals surface area contributed by atoms with Crippen molar-refractivity contribution in [3.8, 4) is 0 Å². The molecule has 1 saturated heterocycles. The lowest BCUT2D eigenvalue weighted by atomic mass is 9.80. The Morgan fingerprint density at radius 2 is 1.74 bits per heavy atom. The van der Waals surface area contributed by atoms with E-state index in [1.165, 1.54) is 4.31 Å². The van der Waals surface area contributed by atoms with Gasteiger partial charge in [-0.3, -0.25) is 0 Å². The molecule has 0 atom stereocenters. The van der Waals surface area contributed by atoms with E-state index in [0.717, 1.165) is 0 Å². The predicted molar refractivity (Wildman–Crippen MR) is 80.4 cm³/mol. The molecule has 0 spiro atoms. The van der Waals surface area contributed by atoms with Crippen LogP contribution in [0.1, 0.15) is 42.9 Å². The number of aromatic nitrogens is 3. The molecular formula is C14H20N4O4S. The molecule has 2 aromatic rings. The highest BCUT2D eigenvalue weighted by Crippen LogP contribution is 2.35. The van der Waals surface area contributed by atoms with Crippen molar-refractivity contribution in [1.29, 1.82) is 0 Å². The van der Waals surface area contributed by atoms with Crippen LogP contribution < -0.4 is 0 Å². The molecule has 126 valence electrons. The van der Waals surface area contributed by atoms with Crippen LogP contribution in [0.4, 0.5) is 0 Å². The molecule has 3 rings (SSSR count). The monoisotopic (exact) mass is 340 g/mol. The van der Waals surface area contributed by atoms with E-state index >= 15 is 0 Å². The Morgan fingerprint density at radius 3 is 2.22 bits per heavy atom. The van der Waals surface area contributed by atoms with Gasteiger partial charge >= 0.3 is 0 Å². The van der Waals surface area contributed by atoms with Crippen molar-refractivity contribution in [3.05, 3.63) is 23.2 Å². The Morgan fingerprint density at radius 1 is 1.09 bits per heavy atom. The molecule has 8 nitrogen and oxygen atoms in total. The summed E-state index contributed by atoms with van der Waals surface area (Å²) in [6, 6.07) is 0. The third-order valence-electron chi connectivity index (χ3n) is 4.46. The number of hydrogen-bond donors (Lipinski definition) is 0. The summed E-state index contributed by atoms with van der Waals surface area (Å²) in [5.41, 5.74) is 0.118. The summed E-state index contributed by atoms with van der Waals surface area (Å²) in [5.74, 6) is 1.49. The standard InChI is InChI=1S/C14H20N4O4S/c1-9-12(10(2)21-16-9)23(19,20)18-7-5-14(4,6-8-18)13-15-11(3)22-17-13/h5-8H2,1-4H3. The average Bonchev–Trinajstić information content (AvgIpc) is 3.06. The van der Waals surface area contributed by atoms with Crippen molar-refractivity contribution in [2.45, 2.75) is 50.8 Å². The minimum absolute atomic E-state index is 0.177. The third kappa shape index (κ3) is 2.67. The van der Waals surface area contributed by atoms with Gasteiger partial charge in [-0.15, -0.1) is 0 Å². The van der Waals surface area contributed by atoms with Gasteiger partial charge < -0.3 is 9.05 Å². The van der Waals surface area contributed by atoms with Crippen molar-refractivity contribution in [2.24, 2.45) is 0 Å². The molecule has 0 aromatic carbocycles. The van der Waals surface area contributed by atoms with Gasteiger partial charge in [0.2, 0.25) is 15.9 Å². The molecule has 1 fully saturated rings. The molecule has 0 radical (unpaired) electrons. The number of sulfonamides is 1. The van der Waals surface area contributed by atoms with Crippen LogP contribution in [-0.4, -0.2) is 41.1 Å². The Labute approximate surface area is 134 Å². The number of aryl methyl sites for hydroxylation is 3. The summed E-state index contributed by atoms with van der Waals surface area (Å²) in [4.78, 5) is 4.48. The predicted octanol–water partition coefficient (Wildman–Crippen LogP) is 1.73. The van der Waals surface area contributed by atoms with Crippen LogP contribution in [0.5, 0.6) is 0 Å².